The maximum atomic E-state index is 13.8. The summed E-state index contributed by atoms with van der Waals surface area (Å²) in [6.45, 7) is 1.85. The highest BCUT2D eigenvalue weighted by atomic mass is 16.5. The van der Waals surface area contributed by atoms with Crippen LogP contribution in [0, 0.1) is 0 Å². The summed E-state index contributed by atoms with van der Waals surface area (Å²) in [6.07, 6.45) is 0.254. The van der Waals surface area contributed by atoms with E-state index in [1.165, 1.54) is 0 Å². The number of carbonyl (C=O) groups excluding carboxylic acids is 2. The van der Waals surface area contributed by atoms with Gasteiger partial charge in [0.15, 0.2) is 5.78 Å². The first-order valence-corrected chi connectivity index (χ1v) is 10.7. The van der Waals surface area contributed by atoms with Gasteiger partial charge in [-0.1, -0.05) is 66.7 Å². The van der Waals surface area contributed by atoms with Gasteiger partial charge in [0.2, 0.25) is 0 Å². The summed E-state index contributed by atoms with van der Waals surface area (Å²) in [5.74, 6) is -0.365. The summed E-state index contributed by atoms with van der Waals surface area (Å²) in [4.78, 5) is 26.8. The first kappa shape index (κ1) is 22.1. The van der Waals surface area contributed by atoms with Crippen molar-refractivity contribution in [1.82, 2.24) is 0 Å². The van der Waals surface area contributed by atoms with Crippen molar-refractivity contribution < 1.29 is 24.2 Å². The molecule has 0 bridgehead atoms. The van der Waals surface area contributed by atoms with Crippen LogP contribution in [0.4, 0.5) is 0 Å². The molecule has 4 aromatic carbocycles. The number of ether oxygens (including phenoxy) is 2. The monoisotopic (exact) mass is 440 g/mol. The third kappa shape index (κ3) is 4.30. The molecule has 4 aromatic rings. The fourth-order valence-electron chi connectivity index (χ4n) is 4.01. The van der Waals surface area contributed by atoms with Crippen LogP contribution in [0.15, 0.2) is 78.9 Å². The first-order chi connectivity index (χ1) is 16.0. The molecule has 5 nitrogen and oxygen atoms in total. The van der Waals surface area contributed by atoms with Gasteiger partial charge in [-0.05, 0) is 42.0 Å². The second-order valence-electron chi connectivity index (χ2n) is 7.56. The fraction of sp³-hybridized carbons (Fsp3) is 0.143. The number of methoxy groups -OCH3 is 1. The molecule has 0 aromatic heterocycles. The van der Waals surface area contributed by atoms with Crippen molar-refractivity contribution in [3.05, 3.63) is 107 Å². The number of aromatic hydroxyl groups is 1. The Hall–Kier alpha value is -4.12. The molecular weight excluding hydrogens is 416 g/mol. The summed E-state index contributed by atoms with van der Waals surface area (Å²) in [6, 6.07) is 23.4. The first-order valence-electron chi connectivity index (χ1n) is 10.7. The van der Waals surface area contributed by atoms with Crippen LogP contribution >= 0.6 is 0 Å². The lowest BCUT2D eigenvalue weighted by molar-refractivity contribution is 0.0522. The number of hydrogen-bond acceptors (Lipinski definition) is 5. The zero-order valence-corrected chi connectivity index (χ0v) is 18.5. The van der Waals surface area contributed by atoms with Gasteiger partial charge in [0, 0.05) is 16.5 Å². The Balaban J connectivity index is 2.02. The minimum absolute atomic E-state index is 0.0191. The number of hydrogen-bond donors (Lipinski definition) is 1. The molecule has 5 heteroatoms. The summed E-state index contributed by atoms with van der Waals surface area (Å²) >= 11 is 0. The van der Waals surface area contributed by atoms with E-state index in [0.29, 0.717) is 33.2 Å². The zero-order valence-electron chi connectivity index (χ0n) is 18.5. The van der Waals surface area contributed by atoms with E-state index in [1.807, 2.05) is 36.4 Å². The number of rotatable bonds is 7. The van der Waals surface area contributed by atoms with Gasteiger partial charge in [-0.25, -0.2) is 4.79 Å². The number of esters is 1. The smallest absolute Gasteiger partial charge is 0.342 e. The van der Waals surface area contributed by atoms with Gasteiger partial charge >= 0.3 is 5.97 Å². The van der Waals surface area contributed by atoms with Gasteiger partial charge in [-0.2, -0.15) is 0 Å². The van der Waals surface area contributed by atoms with Gasteiger partial charge in [0.25, 0.3) is 0 Å². The van der Waals surface area contributed by atoms with Crippen LogP contribution in [-0.4, -0.2) is 30.6 Å². The Morgan fingerprint density at radius 3 is 2.09 bits per heavy atom. The summed E-state index contributed by atoms with van der Waals surface area (Å²) in [7, 11) is 1.59. The third-order valence-electron chi connectivity index (χ3n) is 5.57. The molecule has 0 aliphatic heterocycles. The van der Waals surface area contributed by atoms with E-state index < -0.39 is 5.97 Å². The van der Waals surface area contributed by atoms with E-state index in [9.17, 15) is 14.7 Å². The molecule has 0 unspecified atom stereocenters. The van der Waals surface area contributed by atoms with Gasteiger partial charge in [-0.3, -0.25) is 4.79 Å². The number of carbonyl (C=O) groups is 2. The molecule has 0 aliphatic rings. The molecule has 0 aliphatic carbocycles. The van der Waals surface area contributed by atoms with Gasteiger partial charge in [0.05, 0.1) is 13.7 Å². The normalized spacial score (nSPS) is 10.7. The average molecular weight is 440 g/mol. The highest BCUT2D eigenvalue weighted by Crippen LogP contribution is 2.38. The maximum absolute atomic E-state index is 13.8. The number of fused-ring (bicyclic) bond motifs is 1. The maximum Gasteiger partial charge on any atom is 0.342 e. The summed E-state index contributed by atoms with van der Waals surface area (Å²) < 4.78 is 10.5. The van der Waals surface area contributed by atoms with Crippen molar-refractivity contribution in [1.29, 1.82) is 0 Å². The molecule has 0 atom stereocenters. The standard InChI is InChI=1S/C28H24O5/c1-3-33-28(31)25-23(17-18-13-15-20(32-2)16-14-18)24(26(29)19-9-5-4-6-10-19)21-11-7-8-12-22(21)27(25)30/h4-16,30H,3,17H2,1-2H3. The molecular formula is C28H24O5. The Morgan fingerprint density at radius 1 is 0.818 bits per heavy atom. The van der Waals surface area contributed by atoms with Crippen molar-refractivity contribution in [3.8, 4) is 11.5 Å². The van der Waals surface area contributed by atoms with E-state index in [-0.39, 0.29) is 30.1 Å². The topological polar surface area (TPSA) is 72.8 Å². The van der Waals surface area contributed by atoms with Crippen molar-refractivity contribution >= 4 is 22.5 Å². The van der Waals surface area contributed by atoms with Crippen molar-refractivity contribution in [3.63, 3.8) is 0 Å². The Morgan fingerprint density at radius 2 is 1.45 bits per heavy atom. The van der Waals surface area contributed by atoms with E-state index >= 15 is 0 Å². The van der Waals surface area contributed by atoms with E-state index in [0.717, 1.165) is 5.56 Å². The van der Waals surface area contributed by atoms with E-state index in [2.05, 4.69) is 0 Å². The SMILES string of the molecule is CCOC(=O)c1c(Cc2ccc(OC)cc2)c(C(=O)c2ccccc2)c2ccccc2c1O. The fourth-order valence-corrected chi connectivity index (χ4v) is 4.01. The molecule has 0 radical (unpaired) electrons. The van der Waals surface area contributed by atoms with Crippen LogP contribution in [0.2, 0.25) is 0 Å². The van der Waals surface area contributed by atoms with Crippen LogP contribution in [0.3, 0.4) is 0 Å². The number of phenols is 1. The molecule has 1 N–H and O–H groups in total. The highest BCUT2D eigenvalue weighted by molar-refractivity contribution is 6.20. The van der Waals surface area contributed by atoms with E-state index in [1.54, 1.807) is 56.5 Å². The minimum Gasteiger partial charge on any atom is -0.506 e. The lowest BCUT2D eigenvalue weighted by Crippen LogP contribution is -2.15. The molecule has 33 heavy (non-hydrogen) atoms. The Kier molecular flexibility index (Phi) is 6.41. The molecule has 166 valence electrons. The van der Waals surface area contributed by atoms with Crippen molar-refractivity contribution in [2.45, 2.75) is 13.3 Å². The minimum atomic E-state index is -0.661. The second-order valence-corrected chi connectivity index (χ2v) is 7.56. The molecule has 0 amide bonds. The molecule has 0 spiro atoms. The van der Waals surface area contributed by atoms with Crippen LogP contribution in [0.1, 0.15) is 44.3 Å². The van der Waals surface area contributed by atoms with Crippen LogP contribution in [0.25, 0.3) is 10.8 Å². The summed E-state index contributed by atoms with van der Waals surface area (Å²) in [5.41, 5.74) is 2.19. The van der Waals surface area contributed by atoms with Gasteiger partial charge < -0.3 is 14.6 Å². The lowest BCUT2D eigenvalue weighted by Gasteiger charge is -2.19. The second kappa shape index (κ2) is 9.57. The Labute approximate surface area is 192 Å². The number of benzene rings is 4. The quantitative estimate of drug-likeness (QED) is 0.301. The van der Waals surface area contributed by atoms with Crippen molar-refractivity contribution in [2.75, 3.05) is 13.7 Å². The largest absolute Gasteiger partial charge is 0.506 e. The number of phenolic OH excluding ortho intramolecular Hbond substituents is 1. The molecule has 0 fully saturated rings. The van der Waals surface area contributed by atoms with Crippen molar-refractivity contribution in [2.24, 2.45) is 0 Å². The predicted molar refractivity (Wildman–Crippen MR) is 127 cm³/mol. The summed E-state index contributed by atoms with van der Waals surface area (Å²) in [5, 5.41) is 12.1. The molecule has 4 rings (SSSR count). The zero-order chi connectivity index (χ0) is 23.4. The molecule has 0 heterocycles. The highest BCUT2D eigenvalue weighted by Gasteiger charge is 2.28. The van der Waals surface area contributed by atoms with E-state index in [4.69, 9.17) is 9.47 Å². The van der Waals surface area contributed by atoms with Crippen LogP contribution in [0.5, 0.6) is 11.5 Å². The average Bonchev–Trinajstić information content (AvgIpc) is 2.85. The predicted octanol–water partition coefficient (Wildman–Crippen LogP) is 5.55. The molecule has 0 saturated carbocycles. The Bertz CT molecular complexity index is 1310. The lowest BCUT2D eigenvalue weighted by atomic mass is 9.85. The van der Waals surface area contributed by atoms with Gasteiger partial charge in [-0.15, -0.1) is 0 Å². The van der Waals surface area contributed by atoms with Gasteiger partial charge in [0.1, 0.15) is 17.1 Å². The van der Waals surface area contributed by atoms with Crippen LogP contribution in [-0.2, 0) is 11.2 Å². The molecule has 0 saturated heterocycles. The third-order valence-corrected chi connectivity index (χ3v) is 5.57. The van der Waals surface area contributed by atoms with Crippen LogP contribution < -0.4 is 4.74 Å². The number of ketones is 1.